The first kappa shape index (κ1) is 17.3. The van der Waals surface area contributed by atoms with Gasteiger partial charge in [-0.3, -0.25) is 9.67 Å². The molecular formula is C21H22FN5O. The molecule has 4 aromatic rings. The summed E-state index contributed by atoms with van der Waals surface area (Å²) in [6.07, 6.45) is 7.62. The highest BCUT2D eigenvalue weighted by atomic mass is 19.1. The third-order valence-electron chi connectivity index (χ3n) is 5.44. The number of rotatable bonds is 3. The van der Waals surface area contributed by atoms with Gasteiger partial charge in [-0.2, -0.15) is 5.10 Å². The maximum Gasteiger partial charge on any atom is 0.132 e. The summed E-state index contributed by atoms with van der Waals surface area (Å²) in [7, 11) is 0. The lowest BCUT2D eigenvalue weighted by molar-refractivity contribution is 0.00619. The summed E-state index contributed by atoms with van der Waals surface area (Å²) < 4.78 is 24.0. The second kappa shape index (κ2) is 6.67. The van der Waals surface area contributed by atoms with Crippen LogP contribution in [0, 0.1) is 12.7 Å². The highest BCUT2D eigenvalue weighted by Crippen LogP contribution is 2.34. The standard InChI is InChI=1S/C21H22FN5O/c1-13-9-24-26(11-13)12-20-25-19-10-23-18-4-3-15(22)8-17(18)21(19)27(20)16-5-6-28-14(2)7-16/h3-4,8-11,14,16H,5-7,12H2,1-2H3/t14-,16?/m1/s1. The van der Waals surface area contributed by atoms with Crippen LogP contribution >= 0.6 is 0 Å². The van der Waals surface area contributed by atoms with Crippen molar-refractivity contribution in [3.63, 3.8) is 0 Å². The van der Waals surface area contributed by atoms with E-state index in [4.69, 9.17) is 9.72 Å². The number of imidazole rings is 1. The zero-order valence-corrected chi connectivity index (χ0v) is 16.0. The minimum Gasteiger partial charge on any atom is -0.378 e. The van der Waals surface area contributed by atoms with Crippen molar-refractivity contribution < 1.29 is 9.13 Å². The molecule has 7 heteroatoms. The van der Waals surface area contributed by atoms with Crippen molar-refractivity contribution in [1.29, 1.82) is 0 Å². The van der Waals surface area contributed by atoms with Crippen molar-refractivity contribution in [3.8, 4) is 0 Å². The van der Waals surface area contributed by atoms with Gasteiger partial charge in [0, 0.05) is 24.2 Å². The zero-order valence-electron chi connectivity index (χ0n) is 16.0. The van der Waals surface area contributed by atoms with E-state index in [-0.39, 0.29) is 18.0 Å². The minimum absolute atomic E-state index is 0.181. The van der Waals surface area contributed by atoms with E-state index in [1.165, 1.54) is 6.07 Å². The van der Waals surface area contributed by atoms with Gasteiger partial charge in [-0.15, -0.1) is 0 Å². The molecule has 1 fully saturated rings. The van der Waals surface area contributed by atoms with Gasteiger partial charge >= 0.3 is 0 Å². The SMILES string of the molecule is Cc1cnn(Cc2nc3cnc4ccc(F)cc4c3n2C2CCO[C@H](C)C2)c1. The Hall–Kier alpha value is -2.80. The van der Waals surface area contributed by atoms with E-state index in [1.807, 2.05) is 24.0 Å². The summed E-state index contributed by atoms with van der Waals surface area (Å²) in [5.41, 5.74) is 3.62. The van der Waals surface area contributed by atoms with Crippen molar-refractivity contribution in [1.82, 2.24) is 24.3 Å². The van der Waals surface area contributed by atoms with Gasteiger partial charge in [-0.25, -0.2) is 9.37 Å². The Bertz CT molecular complexity index is 1160. The number of halogens is 1. The second-order valence-corrected chi connectivity index (χ2v) is 7.63. The van der Waals surface area contributed by atoms with Crippen molar-refractivity contribution in [2.45, 2.75) is 45.4 Å². The molecule has 0 N–H and O–H groups in total. The molecule has 2 atom stereocenters. The third-order valence-corrected chi connectivity index (χ3v) is 5.44. The van der Waals surface area contributed by atoms with Crippen LogP contribution in [0.4, 0.5) is 4.39 Å². The normalized spacial score (nSPS) is 20.2. The molecular weight excluding hydrogens is 357 g/mol. The van der Waals surface area contributed by atoms with Gasteiger partial charge < -0.3 is 9.30 Å². The fourth-order valence-electron chi connectivity index (χ4n) is 4.21. The van der Waals surface area contributed by atoms with Gasteiger partial charge in [0.05, 0.1) is 36.1 Å². The van der Waals surface area contributed by atoms with Gasteiger partial charge in [0.2, 0.25) is 0 Å². The van der Waals surface area contributed by atoms with Gasteiger partial charge in [0.15, 0.2) is 0 Å². The molecule has 0 saturated carbocycles. The molecule has 0 spiro atoms. The molecule has 6 nitrogen and oxygen atoms in total. The van der Waals surface area contributed by atoms with Crippen LogP contribution in [0.2, 0.25) is 0 Å². The first-order chi connectivity index (χ1) is 13.6. The molecule has 144 valence electrons. The van der Waals surface area contributed by atoms with Gasteiger partial charge in [-0.1, -0.05) is 0 Å². The Morgan fingerprint density at radius 3 is 2.93 bits per heavy atom. The number of hydrogen-bond acceptors (Lipinski definition) is 4. The molecule has 0 aliphatic carbocycles. The number of hydrogen-bond donors (Lipinski definition) is 0. The van der Waals surface area contributed by atoms with Crippen molar-refractivity contribution >= 4 is 21.9 Å². The molecule has 1 aromatic carbocycles. The van der Waals surface area contributed by atoms with Crippen LogP contribution in [-0.2, 0) is 11.3 Å². The van der Waals surface area contributed by atoms with Crippen molar-refractivity contribution in [3.05, 3.63) is 54.0 Å². The van der Waals surface area contributed by atoms with Gasteiger partial charge in [0.1, 0.15) is 17.2 Å². The summed E-state index contributed by atoms with van der Waals surface area (Å²) in [5.74, 6) is 0.648. The summed E-state index contributed by atoms with van der Waals surface area (Å²) in [4.78, 5) is 9.36. The van der Waals surface area contributed by atoms with Crippen LogP contribution in [-0.4, -0.2) is 37.0 Å². The molecule has 0 radical (unpaired) electrons. The van der Waals surface area contributed by atoms with Crippen molar-refractivity contribution in [2.24, 2.45) is 0 Å². The first-order valence-corrected chi connectivity index (χ1v) is 9.64. The third kappa shape index (κ3) is 2.96. The van der Waals surface area contributed by atoms with E-state index in [9.17, 15) is 4.39 Å². The maximum absolute atomic E-state index is 14.1. The first-order valence-electron chi connectivity index (χ1n) is 9.64. The quantitative estimate of drug-likeness (QED) is 0.540. The Morgan fingerprint density at radius 1 is 1.25 bits per heavy atom. The number of fused-ring (bicyclic) bond motifs is 3. The molecule has 0 bridgehead atoms. The number of aryl methyl sites for hydroxylation is 1. The van der Waals surface area contributed by atoms with Crippen LogP contribution < -0.4 is 0 Å². The lowest BCUT2D eigenvalue weighted by atomic mass is 10.0. The average Bonchev–Trinajstić information content (AvgIpc) is 3.25. The van der Waals surface area contributed by atoms with E-state index < -0.39 is 0 Å². The van der Waals surface area contributed by atoms with E-state index in [0.717, 1.165) is 46.2 Å². The van der Waals surface area contributed by atoms with Crippen LogP contribution in [0.15, 0.2) is 36.8 Å². The van der Waals surface area contributed by atoms with Gasteiger partial charge in [0.25, 0.3) is 0 Å². The summed E-state index contributed by atoms with van der Waals surface area (Å²) >= 11 is 0. The number of aromatic nitrogens is 5. The molecule has 1 aliphatic heterocycles. The van der Waals surface area contributed by atoms with Crippen LogP contribution in [0.1, 0.15) is 37.2 Å². The van der Waals surface area contributed by atoms with E-state index in [1.54, 1.807) is 18.3 Å². The lowest BCUT2D eigenvalue weighted by Gasteiger charge is -2.30. The number of ether oxygens (including phenoxy) is 1. The highest BCUT2D eigenvalue weighted by Gasteiger charge is 2.26. The summed E-state index contributed by atoms with van der Waals surface area (Å²) in [5, 5.41) is 5.22. The van der Waals surface area contributed by atoms with Crippen LogP contribution in [0.5, 0.6) is 0 Å². The average molecular weight is 379 g/mol. The van der Waals surface area contributed by atoms with Gasteiger partial charge in [-0.05, 0) is 50.5 Å². The Labute approximate surface area is 162 Å². The molecule has 0 amide bonds. The van der Waals surface area contributed by atoms with E-state index in [0.29, 0.717) is 13.2 Å². The summed E-state index contributed by atoms with van der Waals surface area (Å²) in [6, 6.07) is 4.98. The molecule has 5 rings (SSSR count). The van der Waals surface area contributed by atoms with Crippen LogP contribution in [0.25, 0.3) is 21.9 Å². The summed E-state index contributed by atoms with van der Waals surface area (Å²) in [6.45, 7) is 5.39. The largest absolute Gasteiger partial charge is 0.378 e. The van der Waals surface area contributed by atoms with E-state index >= 15 is 0 Å². The predicted molar refractivity (Wildman–Crippen MR) is 105 cm³/mol. The molecule has 1 saturated heterocycles. The number of benzene rings is 1. The van der Waals surface area contributed by atoms with E-state index in [2.05, 4.69) is 21.6 Å². The monoisotopic (exact) mass is 379 g/mol. The Morgan fingerprint density at radius 2 is 2.14 bits per heavy atom. The zero-order chi connectivity index (χ0) is 19.3. The lowest BCUT2D eigenvalue weighted by Crippen LogP contribution is -2.27. The van der Waals surface area contributed by atoms with Crippen molar-refractivity contribution in [2.75, 3.05) is 6.61 Å². The number of pyridine rings is 1. The predicted octanol–water partition coefficient (Wildman–Crippen LogP) is 4.02. The smallest absolute Gasteiger partial charge is 0.132 e. The second-order valence-electron chi connectivity index (χ2n) is 7.63. The molecule has 3 aromatic heterocycles. The molecule has 1 aliphatic rings. The number of nitrogens with zero attached hydrogens (tertiary/aromatic N) is 5. The van der Waals surface area contributed by atoms with Crippen LogP contribution in [0.3, 0.4) is 0 Å². The fourth-order valence-corrected chi connectivity index (χ4v) is 4.21. The molecule has 28 heavy (non-hydrogen) atoms. The maximum atomic E-state index is 14.1. The highest BCUT2D eigenvalue weighted by molar-refractivity contribution is 6.02. The Balaban J connectivity index is 1.74. The molecule has 4 heterocycles. The fraction of sp³-hybridized carbons (Fsp3) is 0.381. The molecule has 1 unspecified atom stereocenters. The Kier molecular flexibility index (Phi) is 4.12. The minimum atomic E-state index is -0.265. The topological polar surface area (TPSA) is 57.8 Å².